The van der Waals surface area contributed by atoms with Crippen LogP contribution in [0.1, 0.15) is 18.4 Å². The summed E-state index contributed by atoms with van der Waals surface area (Å²) in [6.45, 7) is 18.7. The van der Waals surface area contributed by atoms with Gasteiger partial charge in [0.05, 0.1) is 27.4 Å². The van der Waals surface area contributed by atoms with Gasteiger partial charge in [-0.3, -0.25) is 19.2 Å². The van der Waals surface area contributed by atoms with Crippen molar-refractivity contribution in [3.63, 3.8) is 0 Å². The van der Waals surface area contributed by atoms with Crippen molar-refractivity contribution in [2.45, 2.75) is 19.4 Å². The Morgan fingerprint density at radius 2 is 1.22 bits per heavy atom. The zero-order chi connectivity index (χ0) is 36.6. The standard InChI is InChI=1S/C23H26N4O4.C14H16N4O2/c1-24-18-6-8-19(9-7-18)25-11-4-12-26-13-14-27(23(29)22(26)28)16-17-5-10-20(30-2)15-21(17)31-3;1-15-11-3-5-12(6-4-11)16-7-2-9-18-10-8-17-13(19)14(18)20/h5-10,15,25H,4,11-14,16H2,2-3H3;3-6,16H,2,7-10H2,(H,17,19). The molecule has 0 bridgehead atoms. The molecule has 14 nitrogen and oxygen atoms in total. The number of nitrogens with one attached hydrogen (secondary N) is 3. The van der Waals surface area contributed by atoms with Gasteiger partial charge in [-0.05, 0) is 49.2 Å². The molecule has 0 radical (unpaired) electrons. The Bertz CT molecular complexity index is 1750. The van der Waals surface area contributed by atoms with E-state index in [-0.39, 0.29) is 0 Å². The number of carbonyl (C=O) groups excluding carboxylic acids is 4. The SMILES string of the molecule is [C-]#[N+]c1ccc(NCCCN2CCN(Cc3ccc(OC)cc3OC)C(=O)C2=O)cc1.[C-]#[N+]c1ccc(NCCCN2CCNC(=O)C2=O)cc1. The molecule has 51 heavy (non-hydrogen) atoms. The first-order valence-corrected chi connectivity index (χ1v) is 16.5. The van der Waals surface area contributed by atoms with Gasteiger partial charge in [0.1, 0.15) is 11.5 Å². The monoisotopic (exact) mass is 694 g/mol. The zero-order valence-corrected chi connectivity index (χ0v) is 28.8. The molecule has 2 aliphatic heterocycles. The predicted octanol–water partition coefficient (Wildman–Crippen LogP) is 3.93. The van der Waals surface area contributed by atoms with Crippen LogP contribution in [-0.4, -0.2) is 105 Å². The first kappa shape index (κ1) is 37.5. The molecule has 0 aliphatic carbocycles. The number of anilines is 2. The van der Waals surface area contributed by atoms with E-state index in [9.17, 15) is 19.2 Å². The highest BCUT2D eigenvalue weighted by molar-refractivity contribution is 6.35. The van der Waals surface area contributed by atoms with Crippen LogP contribution in [0.4, 0.5) is 22.7 Å². The van der Waals surface area contributed by atoms with E-state index in [4.69, 9.17) is 22.6 Å². The summed E-state index contributed by atoms with van der Waals surface area (Å²) in [6.07, 6.45) is 1.49. The van der Waals surface area contributed by atoms with Gasteiger partial charge in [0.15, 0.2) is 11.4 Å². The van der Waals surface area contributed by atoms with Gasteiger partial charge >= 0.3 is 23.6 Å². The smallest absolute Gasteiger partial charge is 0.312 e. The summed E-state index contributed by atoms with van der Waals surface area (Å²) in [5, 5.41) is 9.00. The highest BCUT2D eigenvalue weighted by Crippen LogP contribution is 2.26. The molecule has 3 N–H and O–H groups in total. The molecule has 0 aromatic heterocycles. The molecule has 3 aromatic rings. The van der Waals surface area contributed by atoms with E-state index in [2.05, 4.69) is 25.6 Å². The maximum absolute atomic E-state index is 12.6. The summed E-state index contributed by atoms with van der Waals surface area (Å²) in [5.74, 6) is -0.634. The molecule has 14 heteroatoms. The fourth-order valence-corrected chi connectivity index (χ4v) is 5.42. The molecule has 2 saturated heterocycles. The summed E-state index contributed by atoms with van der Waals surface area (Å²) in [4.78, 5) is 59.3. The van der Waals surface area contributed by atoms with Gasteiger partial charge in [0.25, 0.3) is 0 Å². The number of rotatable bonds is 14. The van der Waals surface area contributed by atoms with Gasteiger partial charge in [-0.1, -0.05) is 24.3 Å². The lowest BCUT2D eigenvalue weighted by molar-refractivity contribution is -0.156. The number of nitrogens with zero attached hydrogens (tertiary/aromatic N) is 5. The quantitative estimate of drug-likeness (QED) is 0.131. The van der Waals surface area contributed by atoms with Crippen molar-refractivity contribution in [1.29, 1.82) is 0 Å². The molecule has 266 valence electrons. The summed E-state index contributed by atoms with van der Waals surface area (Å²) < 4.78 is 10.6. The van der Waals surface area contributed by atoms with Gasteiger partial charge in [-0.15, -0.1) is 0 Å². The predicted molar refractivity (Wildman–Crippen MR) is 193 cm³/mol. The summed E-state index contributed by atoms with van der Waals surface area (Å²) in [7, 11) is 3.15. The van der Waals surface area contributed by atoms with Crippen LogP contribution in [0.15, 0.2) is 66.7 Å². The Hall–Kier alpha value is -6.28. The molecule has 0 atom stereocenters. The second-order valence-electron chi connectivity index (χ2n) is 11.6. The molecule has 2 heterocycles. The van der Waals surface area contributed by atoms with Crippen molar-refractivity contribution in [2.24, 2.45) is 0 Å². The number of benzene rings is 3. The molecular formula is C37H42N8O6. The fraction of sp³-hybridized carbons (Fsp3) is 0.351. The average molecular weight is 695 g/mol. The Morgan fingerprint density at radius 3 is 1.75 bits per heavy atom. The lowest BCUT2D eigenvalue weighted by Crippen LogP contribution is -2.54. The second kappa shape index (κ2) is 19.0. The molecule has 2 aliphatic rings. The van der Waals surface area contributed by atoms with Crippen LogP contribution in [0, 0.1) is 13.1 Å². The number of hydrogen-bond donors (Lipinski definition) is 3. The van der Waals surface area contributed by atoms with Gasteiger partial charge in [0.2, 0.25) is 0 Å². The Balaban J connectivity index is 0.000000251. The van der Waals surface area contributed by atoms with Crippen LogP contribution < -0.4 is 25.4 Å². The zero-order valence-electron chi connectivity index (χ0n) is 28.8. The van der Waals surface area contributed by atoms with Gasteiger partial charge in [0, 0.05) is 81.9 Å². The fourth-order valence-electron chi connectivity index (χ4n) is 5.42. The van der Waals surface area contributed by atoms with Crippen molar-refractivity contribution in [2.75, 3.05) is 77.2 Å². The normalized spacial score (nSPS) is 14.1. The molecule has 0 spiro atoms. The van der Waals surface area contributed by atoms with Crippen LogP contribution in [0.2, 0.25) is 0 Å². The van der Waals surface area contributed by atoms with E-state index in [1.165, 1.54) is 0 Å². The topological polar surface area (TPSA) is 141 Å². The first-order valence-electron chi connectivity index (χ1n) is 16.5. The number of hydrogen-bond acceptors (Lipinski definition) is 8. The highest BCUT2D eigenvalue weighted by atomic mass is 16.5. The van der Waals surface area contributed by atoms with Crippen molar-refractivity contribution in [3.05, 3.63) is 95.1 Å². The Morgan fingerprint density at radius 1 is 0.686 bits per heavy atom. The number of amides is 4. The minimum absolute atomic E-state index is 0.313. The van der Waals surface area contributed by atoms with Crippen molar-refractivity contribution >= 4 is 46.4 Å². The molecule has 4 amide bonds. The maximum atomic E-state index is 12.6. The molecule has 0 saturated carbocycles. The third-order valence-electron chi connectivity index (χ3n) is 8.26. The van der Waals surface area contributed by atoms with Gasteiger partial charge < -0.3 is 40.1 Å². The lowest BCUT2D eigenvalue weighted by Gasteiger charge is -2.34. The number of ether oxygens (including phenoxy) is 2. The lowest BCUT2D eigenvalue weighted by atomic mass is 10.1. The third kappa shape index (κ3) is 10.9. The largest absolute Gasteiger partial charge is 0.497 e. The summed E-state index contributed by atoms with van der Waals surface area (Å²) >= 11 is 0. The van der Waals surface area contributed by atoms with E-state index in [0.717, 1.165) is 29.8 Å². The van der Waals surface area contributed by atoms with Crippen molar-refractivity contribution < 1.29 is 28.7 Å². The number of carbonyl (C=O) groups is 4. The van der Waals surface area contributed by atoms with Gasteiger partial charge in [-0.2, -0.15) is 0 Å². The summed E-state index contributed by atoms with van der Waals surface area (Å²) in [5.41, 5.74) is 3.90. The van der Waals surface area contributed by atoms with Crippen LogP contribution in [0.3, 0.4) is 0 Å². The van der Waals surface area contributed by atoms with E-state index >= 15 is 0 Å². The second-order valence-corrected chi connectivity index (χ2v) is 11.6. The average Bonchev–Trinajstić information content (AvgIpc) is 3.17. The van der Waals surface area contributed by atoms with E-state index in [1.54, 1.807) is 59.3 Å². The van der Waals surface area contributed by atoms with Crippen LogP contribution >= 0.6 is 0 Å². The van der Waals surface area contributed by atoms with Crippen LogP contribution in [-0.2, 0) is 25.7 Å². The minimum Gasteiger partial charge on any atom is -0.497 e. The Labute approximate surface area is 297 Å². The number of piperazine rings is 2. The van der Waals surface area contributed by atoms with Crippen LogP contribution in [0.25, 0.3) is 9.69 Å². The van der Waals surface area contributed by atoms with Gasteiger partial charge in [-0.25, -0.2) is 9.69 Å². The molecule has 0 unspecified atom stereocenters. The Kier molecular flexibility index (Phi) is 14.0. The van der Waals surface area contributed by atoms with Crippen LogP contribution in [0.5, 0.6) is 11.5 Å². The molecule has 3 aromatic carbocycles. The number of methoxy groups -OCH3 is 2. The van der Waals surface area contributed by atoms with Crippen molar-refractivity contribution in [3.8, 4) is 11.5 Å². The molecule has 2 fully saturated rings. The highest BCUT2D eigenvalue weighted by Gasteiger charge is 2.32. The maximum Gasteiger partial charge on any atom is 0.312 e. The molecular weight excluding hydrogens is 652 g/mol. The van der Waals surface area contributed by atoms with E-state index in [1.807, 2.05) is 36.4 Å². The first-order chi connectivity index (χ1) is 24.8. The molecule has 5 rings (SSSR count). The third-order valence-corrected chi connectivity index (χ3v) is 8.26. The van der Waals surface area contributed by atoms with Crippen molar-refractivity contribution in [1.82, 2.24) is 20.0 Å². The summed E-state index contributed by atoms with van der Waals surface area (Å²) in [6, 6.07) is 19.9. The van der Waals surface area contributed by atoms with E-state index in [0.29, 0.717) is 81.8 Å². The van der Waals surface area contributed by atoms with E-state index < -0.39 is 23.6 Å². The minimum atomic E-state index is -0.515.